The number of piperazine rings is 1. The molecule has 200 valence electrons. The molecule has 1 amide bonds. The summed E-state index contributed by atoms with van der Waals surface area (Å²) in [5.74, 6) is 0.860. The van der Waals surface area contributed by atoms with Gasteiger partial charge in [0.1, 0.15) is 5.69 Å². The molecule has 0 spiro atoms. The number of rotatable bonds is 8. The standard InChI is InChI=1S/C26H34N10O2/c1-6-20(36-11-9-34(3)10-12-36)24(37)30-18-7-8-27-22-17(14-28-23(18)22)21-16(2)13-29-26(32-21)31-19-15-35(4)33-25(19)38-5/h7-8,13-15,20,28H,6,9-12H2,1-5H3,(H,27,30,37)(H,29,31,32)/t20-/m1/s1. The number of aromatic nitrogens is 6. The number of methoxy groups -OCH3 is 1. The first kappa shape index (κ1) is 25.6. The average Bonchev–Trinajstić information content (AvgIpc) is 3.50. The zero-order chi connectivity index (χ0) is 26.8. The number of aromatic amines is 1. The molecule has 1 fully saturated rings. The lowest BCUT2D eigenvalue weighted by Gasteiger charge is -2.36. The lowest BCUT2D eigenvalue weighted by Crippen LogP contribution is -2.52. The molecule has 5 rings (SSSR count). The third-order valence-electron chi connectivity index (χ3n) is 6.95. The summed E-state index contributed by atoms with van der Waals surface area (Å²) < 4.78 is 6.99. The quantitative estimate of drug-likeness (QED) is 0.322. The van der Waals surface area contributed by atoms with Gasteiger partial charge in [-0.05, 0) is 32.0 Å². The minimum absolute atomic E-state index is 0.00387. The van der Waals surface area contributed by atoms with Gasteiger partial charge in [-0.3, -0.25) is 19.4 Å². The maximum atomic E-state index is 13.3. The molecule has 1 atom stereocenters. The van der Waals surface area contributed by atoms with Crippen molar-refractivity contribution in [1.29, 1.82) is 0 Å². The zero-order valence-electron chi connectivity index (χ0n) is 22.4. The van der Waals surface area contributed by atoms with Crippen LogP contribution in [0.25, 0.3) is 22.3 Å². The molecule has 1 aliphatic rings. The average molecular weight is 519 g/mol. The Bertz CT molecular complexity index is 1440. The molecule has 1 saturated heterocycles. The molecule has 4 aromatic rings. The van der Waals surface area contributed by atoms with Crippen molar-refractivity contribution in [2.75, 3.05) is 51.0 Å². The van der Waals surface area contributed by atoms with Gasteiger partial charge in [0.2, 0.25) is 11.9 Å². The smallest absolute Gasteiger partial charge is 0.256 e. The van der Waals surface area contributed by atoms with Crippen molar-refractivity contribution in [2.24, 2.45) is 7.05 Å². The fourth-order valence-corrected chi connectivity index (χ4v) is 4.87. The molecule has 38 heavy (non-hydrogen) atoms. The van der Waals surface area contributed by atoms with E-state index in [2.05, 4.69) is 54.5 Å². The Morgan fingerprint density at radius 3 is 2.71 bits per heavy atom. The van der Waals surface area contributed by atoms with E-state index in [0.29, 0.717) is 23.2 Å². The summed E-state index contributed by atoms with van der Waals surface area (Å²) >= 11 is 0. The van der Waals surface area contributed by atoms with Crippen LogP contribution in [0.3, 0.4) is 0 Å². The van der Waals surface area contributed by atoms with Gasteiger partial charge in [-0.2, -0.15) is 0 Å². The van der Waals surface area contributed by atoms with Crippen molar-refractivity contribution in [2.45, 2.75) is 26.3 Å². The molecular weight excluding hydrogens is 484 g/mol. The number of nitrogens with one attached hydrogen (secondary N) is 3. The summed E-state index contributed by atoms with van der Waals surface area (Å²) in [6, 6.07) is 1.65. The van der Waals surface area contributed by atoms with Crippen molar-refractivity contribution in [1.82, 2.24) is 39.5 Å². The molecule has 5 heterocycles. The van der Waals surface area contributed by atoms with Crippen LogP contribution in [0.2, 0.25) is 0 Å². The summed E-state index contributed by atoms with van der Waals surface area (Å²) in [6.07, 6.45) is 7.89. The number of carbonyl (C=O) groups is 1. The van der Waals surface area contributed by atoms with Crippen LogP contribution < -0.4 is 15.4 Å². The van der Waals surface area contributed by atoms with Gasteiger partial charge in [0, 0.05) is 57.4 Å². The van der Waals surface area contributed by atoms with Crippen LogP contribution in [0.5, 0.6) is 5.88 Å². The second-order valence-electron chi connectivity index (χ2n) is 9.61. The number of pyridine rings is 1. The number of aryl methyl sites for hydroxylation is 2. The highest BCUT2D eigenvalue weighted by molar-refractivity contribution is 6.05. The second-order valence-corrected chi connectivity index (χ2v) is 9.61. The first-order valence-corrected chi connectivity index (χ1v) is 12.8. The van der Waals surface area contributed by atoms with Crippen molar-refractivity contribution in [3.63, 3.8) is 0 Å². The lowest BCUT2D eigenvalue weighted by molar-refractivity contribution is -0.122. The third-order valence-corrected chi connectivity index (χ3v) is 6.95. The number of H-pyrrole nitrogens is 1. The number of hydrogen-bond acceptors (Lipinski definition) is 9. The Morgan fingerprint density at radius 2 is 1.97 bits per heavy atom. The van der Waals surface area contributed by atoms with Gasteiger partial charge in [-0.1, -0.05) is 6.92 Å². The van der Waals surface area contributed by atoms with Crippen LogP contribution in [-0.2, 0) is 11.8 Å². The zero-order valence-corrected chi connectivity index (χ0v) is 22.4. The summed E-state index contributed by atoms with van der Waals surface area (Å²) in [6.45, 7) is 7.71. The highest BCUT2D eigenvalue weighted by atomic mass is 16.5. The molecule has 0 unspecified atom stereocenters. The normalized spacial score (nSPS) is 15.5. The Balaban J connectivity index is 1.41. The van der Waals surface area contributed by atoms with E-state index in [1.165, 1.54) is 0 Å². The molecular formula is C26H34N10O2. The minimum atomic E-state index is -0.177. The number of nitrogens with zero attached hydrogens (tertiary/aromatic N) is 7. The van der Waals surface area contributed by atoms with Crippen molar-refractivity contribution >= 4 is 34.3 Å². The van der Waals surface area contributed by atoms with Crippen molar-refractivity contribution in [3.05, 3.63) is 36.4 Å². The van der Waals surface area contributed by atoms with Crippen molar-refractivity contribution in [3.8, 4) is 17.1 Å². The highest BCUT2D eigenvalue weighted by Crippen LogP contribution is 2.33. The van der Waals surface area contributed by atoms with Gasteiger partial charge in [0.15, 0.2) is 0 Å². The number of anilines is 3. The molecule has 0 aliphatic carbocycles. The topological polar surface area (TPSA) is 129 Å². The number of hydrogen-bond donors (Lipinski definition) is 3. The predicted octanol–water partition coefficient (Wildman–Crippen LogP) is 2.78. The molecule has 0 radical (unpaired) electrons. The van der Waals surface area contributed by atoms with Gasteiger partial charge in [0.05, 0.1) is 41.8 Å². The van der Waals surface area contributed by atoms with E-state index in [0.717, 1.165) is 60.5 Å². The second kappa shape index (κ2) is 10.8. The number of likely N-dealkylation sites (N-methyl/N-ethyl adjacent to an activating group) is 1. The van der Waals surface area contributed by atoms with E-state index in [1.807, 2.05) is 26.2 Å². The van der Waals surface area contributed by atoms with Gasteiger partial charge in [0.25, 0.3) is 5.88 Å². The van der Waals surface area contributed by atoms with E-state index in [1.54, 1.807) is 30.4 Å². The Labute approximate surface area is 221 Å². The van der Waals surface area contributed by atoms with E-state index >= 15 is 0 Å². The van der Waals surface area contributed by atoms with Crippen LogP contribution in [0.1, 0.15) is 18.9 Å². The summed E-state index contributed by atoms with van der Waals surface area (Å²) in [4.78, 5) is 35.0. The molecule has 12 nitrogen and oxygen atoms in total. The largest absolute Gasteiger partial charge is 0.478 e. The monoisotopic (exact) mass is 518 g/mol. The van der Waals surface area contributed by atoms with Gasteiger partial charge < -0.3 is 25.3 Å². The van der Waals surface area contributed by atoms with Crippen molar-refractivity contribution < 1.29 is 9.53 Å². The lowest BCUT2D eigenvalue weighted by atomic mass is 10.1. The van der Waals surface area contributed by atoms with Crippen LogP contribution in [0.15, 0.2) is 30.9 Å². The maximum Gasteiger partial charge on any atom is 0.256 e. The Morgan fingerprint density at radius 1 is 1.18 bits per heavy atom. The summed E-state index contributed by atoms with van der Waals surface area (Å²) in [5.41, 5.74) is 5.29. The predicted molar refractivity (Wildman–Crippen MR) is 147 cm³/mol. The van der Waals surface area contributed by atoms with Crippen LogP contribution in [0.4, 0.5) is 17.3 Å². The van der Waals surface area contributed by atoms with Crippen LogP contribution in [0, 0.1) is 6.92 Å². The Hall–Kier alpha value is -4.03. The fourth-order valence-electron chi connectivity index (χ4n) is 4.87. The number of carbonyl (C=O) groups excluding carboxylic acids is 1. The number of ether oxygens (including phenoxy) is 1. The van der Waals surface area contributed by atoms with E-state index < -0.39 is 0 Å². The first-order chi connectivity index (χ1) is 18.4. The number of fused-ring (bicyclic) bond motifs is 1. The Kier molecular flexibility index (Phi) is 7.25. The van der Waals surface area contributed by atoms with Crippen LogP contribution in [-0.4, -0.2) is 91.8 Å². The maximum absolute atomic E-state index is 13.3. The number of amides is 1. The van der Waals surface area contributed by atoms with Gasteiger partial charge in [-0.25, -0.2) is 9.97 Å². The highest BCUT2D eigenvalue weighted by Gasteiger charge is 2.27. The SMILES string of the molecule is CC[C@H](C(=O)Nc1ccnc2c(-c3nc(Nc4cn(C)nc4OC)ncc3C)c[nH]c12)N1CCN(C)CC1. The van der Waals surface area contributed by atoms with E-state index in [9.17, 15) is 4.79 Å². The van der Waals surface area contributed by atoms with Crippen LogP contribution >= 0.6 is 0 Å². The molecule has 4 aromatic heterocycles. The minimum Gasteiger partial charge on any atom is -0.478 e. The molecule has 0 aromatic carbocycles. The summed E-state index contributed by atoms with van der Waals surface area (Å²) in [5, 5.41) is 10.6. The first-order valence-electron chi connectivity index (χ1n) is 12.8. The molecule has 12 heteroatoms. The molecule has 1 aliphatic heterocycles. The third kappa shape index (κ3) is 5.04. The van der Waals surface area contributed by atoms with Gasteiger partial charge >= 0.3 is 0 Å². The molecule has 3 N–H and O–H groups in total. The van der Waals surface area contributed by atoms with E-state index in [4.69, 9.17) is 9.72 Å². The summed E-state index contributed by atoms with van der Waals surface area (Å²) in [7, 11) is 5.50. The van der Waals surface area contributed by atoms with E-state index in [-0.39, 0.29) is 11.9 Å². The van der Waals surface area contributed by atoms with Gasteiger partial charge in [-0.15, -0.1) is 5.10 Å². The fraction of sp³-hybridized carbons (Fsp3) is 0.423. The molecule has 0 bridgehead atoms. The molecule has 0 saturated carbocycles.